The zero-order valence-electron chi connectivity index (χ0n) is 11.5. The quantitative estimate of drug-likeness (QED) is 0.560. The Morgan fingerprint density at radius 1 is 1.38 bits per heavy atom. The van der Waals surface area contributed by atoms with Crippen LogP contribution in [0.25, 0.3) is 6.08 Å². The summed E-state index contributed by atoms with van der Waals surface area (Å²) in [7, 11) is 1.65. The van der Waals surface area contributed by atoms with Crippen LogP contribution in [0.1, 0.15) is 5.56 Å². The van der Waals surface area contributed by atoms with Crippen molar-refractivity contribution in [1.29, 1.82) is 0 Å². The molecule has 1 unspecified atom stereocenters. The van der Waals surface area contributed by atoms with E-state index in [0.29, 0.717) is 5.96 Å². The number of nitrogens with zero attached hydrogens (tertiary/aromatic N) is 2. The van der Waals surface area contributed by atoms with Crippen LogP contribution in [0, 0.1) is 0 Å². The molecule has 1 amide bonds. The molecule has 0 spiro atoms. The van der Waals surface area contributed by atoms with Gasteiger partial charge in [0, 0.05) is 13.6 Å². The lowest BCUT2D eigenvalue weighted by Gasteiger charge is -2.20. The van der Waals surface area contributed by atoms with Gasteiger partial charge in [0.2, 0.25) is 5.96 Å². The SMILES string of the molecule is CN(CC(O)CO)C1=N/C(=C/c2ccc(O)cc2)C(=O)N1. The molecule has 112 valence electrons. The number of aliphatic hydroxyl groups excluding tert-OH is 2. The van der Waals surface area contributed by atoms with Crippen molar-refractivity contribution in [2.24, 2.45) is 4.99 Å². The number of nitrogens with one attached hydrogen (secondary N) is 1. The van der Waals surface area contributed by atoms with E-state index in [4.69, 9.17) is 5.11 Å². The first kappa shape index (κ1) is 15.0. The number of carbonyl (C=O) groups is 1. The van der Waals surface area contributed by atoms with Crippen molar-refractivity contribution in [2.75, 3.05) is 20.2 Å². The van der Waals surface area contributed by atoms with Crippen LogP contribution in [0.2, 0.25) is 0 Å². The Morgan fingerprint density at radius 3 is 2.67 bits per heavy atom. The number of guanidine groups is 1. The molecule has 7 nitrogen and oxygen atoms in total. The highest BCUT2D eigenvalue weighted by Crippen LogP contribution is 2.15. The second kappa shape index (κ2) is 6.38. The maximum atomic E-state index is 11.8. The van der Waals surface area contributed by atoms with Gasteiger partial charge in [0.1, 0.15) is 11.4 Å². The summed E-state index contributed by atoms with van der Waals surface area (Å²) in [5.41, 5.74) is 0.974. The van der Waals surface area contributed by atoms with E-state index in [1.807, 2.05) is 0 Å². The topological polar surface area (TPSA) is 105 Å². The molecule has 1 heterocycles. The summed E-state index contributed by atoms with van der Waals surface area (Å²) in [5, 5.41) is 30.0. The smallest absolute Gasteiger partial charge is 0.276 e. The number of benzene rings is 1. The van der Waals surface area contributed by atoms with Crippen molar-refractivity contribution < 1.29 is 20.1 Å². The largest absolute Gasteiger partial charge is 0.508 e. The molecule has 4 N–H and O–H groups in total. The molecule has 0 bridgehead atoms. The number of aliphatic imine (C=N–C) groups is 1. The molecule has 1 aliphatic rings. The van der Waals surface area contributed by atoms with E-state index in [9.17, 15) is 15.0 Å². The van der Waals surface area contributed by atoms with Gasteiger partial charge in [-0.25, -0.2) is 4.99 Å². The van der Waals surface area contributed by atoms with E-state index >= 15 is 0 Å². The summed E-state index contributed by atoms with van der Waals surface area (Å²) in [6.07, 6.45) is 0.692. The number of phenols is 1. The zero-order valence-corrected chi connectivity index (χ0v) is 11.5. The highest BCUT2D eigenvalue weighted by Gasteiger charge is 2.23. The van der Waals surface area contributed by atoms with Crippen molar-refractivity contribution in [1.82, 2.24) is 10.2 Å². The molecule has 0 saturated heterocycles. The molecule has 0 fully saturated rings. The molecule has 0 saturated carbocycles. The van der Waals surface area contributed by atoms with Crippen molar-refractivity contribution in [2.45, 2.75) is 6.10 Å². The van der Waals surface area contributed by atoms with Gasteiger partial charge in [-0.15, -0.1) is 0 Å². The summed E-state index contributed by atoms with van der Waals surface area (Å²) in [5.74, 6) is 0.121. The van der Waals surface area contributed by atoms with Gasteiger partial charge in [0.25, 0.3) is 5.91 Å². The standard InChI is InChI=1S/C14H17N3O4/c1-17(7-11(20)8-18)14-15-12(13(21)16-14)6-9-2-4-10(19)5-3-9/h2-6,11,18-20H,7-8H2,1H3,(H,15,16,21)/b12-6+. The van der Waals surface area contributed by atoms with Gasteiger partial charge in [-0.3, -0.25) is 10.1 Å². The second-order valence-electron chi connectivity index (χ2n) is 4.73. The van der Waals surface area contributed by atoms with Crippen LogP contribution < -0.4 is 5.32 Å². The van der Waals surface area contributed by atoms with Gasteiger partial charge in [0.05, 0.1) is 12.7 Å². The summed E-state index contributed by atoms with van der Waals surface area (Å²) in [6.45, 7) is -0.204. The molecule has 1 atom stereocenters. The van der Waals surface area contributed by atoms with Gasteiger partial charge < -0.3 is 20.2 Å². The molecule has 0 aromatic heterocycles. The number of hydrogen-bond acceptors (Lipinski definition) is 6. The Labute approximate surface area is 121 Å². The predicted molar refractivity (Wildman–Crippen MR) is 77.4 cm³/mol. The van der Waals surface area contributed by atoms with Crippen LogP contribution in [0.5, 0.6) is 5.75 Å². The molecule has 21 heavy (non-hydrogen) atoms. The average Bonchev–Trinajstić information content (AvgIpc) is 2.82. The number of rotatable bonds is 4. The van der Waals surface area contributed by atoms with Crippen LogP contribution >= 0.6 is 0 Å². The average molecular weight is 291 g/mol. The van der Waals surface area contributed by atoms with E-state index in [-0.39, 0.29) is 30.5 Å². The van der Waals surface area contributed by atoms with Crippen LogP contribution in [-0.2, 0) is 4.79 Å². The first-order chi connectivity index (χ1) is 9.99. The zero-order chi connectivity index (χ0) is 15.4. The maximum absolute atomic E-state index is 11.8. The van der Waals surface area contributed by atoms with Gasteiger partial charge in [-0.1, -0.05) is 12.1 Å². The number of aliphatic hydroxyl groups is 2. The summed E-state index contributed by atoms with van der Waals surface area (Å²) in [6, 6.07) is 6.38. The summed E-state index contributed by atoms with van der Waals surface area (Å²) in [4.78, 5) is 17.5. The number of amides is 1. The molecule has 7 heteroatoms. The molecule has 2 rings (SSSR count). The van der Waals surface area contributed by atoms with E-state index in [1.165, 1.54) is 12.1 Å². The van der Waals surface area contributed by atoms with Crippen molar-refractivity contribution in [3.8, 4) is 5.75 Å². The Balaban J connectivity index is 2.14. The highest BCUT2D eigenvalue weighted by molar-refractivity contribution is 6.13. The monoisotopic (exact) mass is 291 g/mol. The van der Waals surface area contributed by atoms with E-state index in [2.05, 4.69) is 10.3 Å². The van der Waals surface area contributed by atoms with Crippen molar-refractivity contribution in [3.63, 3.8) is 0 Å². The minimum atomic E-state index is -0.903. The van der Waals surface area contributed by atoms with Crippen LogP contribution in [0.4, 0.5) is 0 Å². The first-order valence-electron chi connectivity index (χ1n) is 6.40. The Kier molecular flexibility index (Phi) is 4.56. The number of phenolic OH excluding ortho intramolecular Hbond substituents is 1. The number of aromatic hydroxyl groups is 1. The molecular formula is C14H17N3O4. The third-order valence-electron chi connectivity index (χ3n) is 2.94. The molecule has 1 aromatic rings. The lowest BCUT2D eigenvalue weighted by atomic mass is 10.2. The minimum absolute atomic E-state index is 0.148. The van der Waals surface area contributed by atoms with Crippen LogP contribution in [0.15, 0.2) is 35.0 Å². The summed E-state index contributed by atoms with van der Waals surface area (Å²) >= 11 is 0. The fourth-order valence-corrected chi connectivity index (χ4v) is 1.83. The number of carbonyl (C=O) groups excluding carboxylic acids is 1. The Hall–Kier alpha value is -2.38. The number of hydrogen-bond donors (Lipinski definition) is 4. The minimum Gasteiger partial charge on any atom is -0.508 e. The molecule has 0 aliphatic carbocycles. The molecule has 1 aliphatic heterocycles. The third-order valence-corrected chi connectivity index (χ3v) is 2.94. The predicted octanol–water partition coefficient (Wildman–Crippen LogP) is -0.496. The normalized spacial score (nSPS) is 17.6. The van der Waals surface area contributed by atoms with E-state index in [1.54, 1.807) is 30.2 Å². The third kappa shape index (κ3) is 3.80. The van der Waals surface area contributed by atoms with Gasteiger partial charge in [-0.2, -0.15) is 0 Å². The Bertz CT molecular complexity index is 580. The van der Waals surface area contributed by atoms with Gasteiger partial charge in [0.15, 0.2) is 0 Å². The highest BCUT2D eigenvalue weighted by atomic mass is 16.3. The van der Waals surface area contributed by atoms with Gasteiger partial charge >= 0.3 is 0 Å². The fraction of sp³-hybridized carbons (Fsp3) is 0.286. The number of likely N-dealkylation sites (N-methyl/N-ethyl adjacent to an activating group) is 1. The van der Waals surface area contributed by atoms with E-state index in [0.717, 1.165) is 5.56 Å². The first-order valence-corrected chi connectivity index (χ1v) is 6.40. The van der Waals surface area contributed by atoms with Crippen LogP contribution in [0.3, 0.4) is 0 Å². The van der Waals surface area contributed by atoms with E-state index < -0.39 is 6.10 Å². The summed E-state index contributed by atoms with van der Waals surface area (Å²) < 4.78 is 0. The van der Waals surface area contributed by atoms with Gasteiger partial charge in [-0.05, 0) is 23.8 Å². The fourth-order valence-electron chi connectivity index (χ4n) is 1.83. The Morgan fingerprint density at radius 2 is 2.05 bits per heavy atom. The lowest BCUT2D eigenvalue weighted by molar-refractivity contribution is -0.115. The molecule has 0 radical (unpaired) electrons. The van der Waals surface area contributed by atoms with Crippen molar-refractivity contribution in [3.05, 3.63) is 35.5 Å². The van der Waals surface area contributed by atoms with Crippen LogP contribution in [-0.4, -0.2) is 58.4 Å². The second-order valence-corrected chi connectivity index (χ2v) is 4.73. The lowest BCUT2D eigenvalue weighted by Crippen LogP contribution is -2.42. The molecular weight excluding hydrogens is 274 g/mol. The molecule has 1 aromatic carbocycles. The maximum Gasteiger partial charge on any atom is 0.276 e. The van der Waals surface area contributed by atoms with Crippen molar-refractivity contribution >= 4 is 17.9 Å².